The lowest BCUT2D eigenvalue weighted by molar-refractivity contribution is 0.0994. The second kappa shape index (κ2) is 7.18. The van der Waals surface area contributed by atoms with Gasteiger partial charge in [-0.05, 0) is 31.2 Å². The molecule has 1 amide bonds. The van der Waals surface area contributed by atoms with Crippen molar-refractivity contribution < 1.29 is 13.9 Å². The molecule has 7 nitrogen and oxygen atoms in total. The van der Waals surface area contributed by atoms with E-state index in [1.165, 1.54) is 6.20 Å². The van der Waals surface area contributed by atoms with Crippen LogP contribution in [0.2, 0.25) is 5.02 Å². The smallest absolute Gasteiger partial charge is 0.291 e. The van der Waals surface area contributed by atoms with Gasteiger partial charge in [0.2, 0.25) is 5.88 Å². The van der Waals surface area contributed by atoms with Crippen molar-refractivity contribution in [1.29, 1.82) is 0 Å². The van der Waals surface area contributed by atoms with Crippen LogP contribution in [-0.4, -0.2) is 27.3 Å². The monoisotopic (exact) mass is 346 g/mol. The zero-order valence-electron chi connectivity index (χ0n) is 12.9. The zero-order chi connectivity index (χ0) is 16.9. The molecule has 3 rings (SSSR count). The second-order valence-electron chi connectivity index (χ2n) is 4.87. The molecule has 124 valence electrons. The number of pyridine rings is 1. The minimum Gasteiger partial charge on any atom is -0.476 e. The van der Waals surface area contributed by atoms with Gasteiger partial charge < -0.3 is 14.5 Å². The third-order valence-electron chi connectivity index (χ3n) is 3.11. The van der Waals surface area contributed by atoms with E-state index in [-0.39, 0.29) is 11.7 Å². The number of nitrogens with zero attached hydrogens (tertiary/aromatic N) is 3. The first kappa shape index (κ1) is 16.1. The fourth-order valence-corrected chi connectivity index (χ4v) is 2.25. The molecule has 0 spiro atoms. The average molecular weight is 347 g/mol. The molecule has 0 atom stereocenters. The number of amides is 1. The molecule has 1 N–H and O–H groups in total. The molecular weight excluding hydrogens is 332 g/mol. The van der Waals surface area contributed by atoms with Gasteiger partial charge in [-0.3, -0.25) is 9.48 Å². The number of anilines is 1. The summed E-state index contributed by atoms with van der Waals surface area (Å²) in [6.07, 6.45) is 4.81. The molecule has 3 heterocycles. The molecular formula is C16H15ClN4O3. The highest BCUT2D eigenvalue weighted by Crippen LogP contribution is 2.22. The van der Waals surface area contributed by atoms with Crippen molar-refractivity contribution in [3.05, 3.63) is 59.4 Å². The topological polar surface area (TPSA) is 82.2 Å². The summed E-state index contributed by atoms with van der Waals surface area (Å²) in [5.41, 5.74) is 0.487. The van der Waals surface area contributed by atoms with Crippen molar-refractivity contribution in [3.63, 3.8) is 0 Å². The van der Waals surface area contributed by atoms with Crippen LogP contribution in [0.1, 0.15) is 23.2 Å². The van der Waals surface area contributed by atoms with Crippen LogP contribution in [0.3, 0.4) is 0 Å². The minimum atomic E-state index is -0.381. The van der Waals surface area contributed by atoms with E-state index in [2.05, 4.69) is 15.4 Å². The van der Waals surface area contributed by atoms with Gasteiger partial charge in [0.05, 0.1) is 24.4 Å². The van der Waals surface area contributed by atoms with Gasteiger partial charge in [0.1, 0.15) is 11.4 Å². The van der Waals surface area contributed by atoms with E-state index in [0.717, 1.165) is 0 Å². The van der Waals surface area contributed by atoms with Crippen LogP contribution in [0.5, 0.6) is 5.88 Å². The van der Waals surface area contributed by atoms with E-state index in [9.17, 15) is 4.79 Å². The summed E-state index contributed by atoms with van der Waals surface area (Å²) >= 11 is 5.82. The lowest BCUT2D eigenvalue weighted by atomic mass is 10.3. The highest BCUT2D eigenvalue weighted by molar-refractivity contribution is 6.30. The summed E-state index contributed by atoms with van der Waals surface area (Å²) in [5, 5.41) is 7.33. The van der Waals surface area contributed by atoms with Crippen LogP contribution in [0.15, 0.2) is 47.3 Å². The Labute approximate surface area is 143 Å². The number of ether oxygens (including phenoxy) is 1. The molecule has 0 aliphatic rings. The average Bonchev–Trinajstić information content (AvgIpc) is 3.19. The second-order valence-corrected chi connectivity index (χ2v) is 5.30. The maximum atomic E-state index is 12.3. The van der Waals surface area contributed by atoms with Crippen molar-refractivity contribution >= 4 is 23.2 Å². The Morgan fingerprint density at radius 1 is 1.42 bits per heavy atom. The molecule has 0 aliphatic heterocycles. The van der Waals surface area contributed by atoms with Crippen molar-refractivity contribution in [2.24, 2.45) is 0 Å². The fraction of sp³-hybridized carbons (Fsp3) is 0.188. The van der Waals surface area contributed by atoms with Gasteiger partial charge in [0.15, 0.2) is 5.76 Å². The molecule has 0 aromatic carbocycles. The van der Waals surface area contributed by atoms with Gasteiger partial charge >= 0.3 is 0 Å². The molecule has 0 fully saturated rings. The Morgan fingerprint density at radius 3 is 3.04 bits per heavy atom. The fourth-order valence-electron chi connectivity index (χ4n) is 2.09. The summed E-state index contributed by atoms with van der Waals surface area (Å²) in [7, 11) is 0. The Bertz CT molecular complexity index is 843. The van der Waals surface area contributed by atoms with Crippen LogP contribution in [0.25, 0.3) is 0 Å². The van der Waals surface area contributed by atoms with Crippen LogP contribution < -0.4 is 10.1 Å². The molecule has 24 heavy (non-hydrogen) atoms. The molecule has 3 aromatic heterocycles. The maximum absolute atomic E-state index is 12.3. The van der Waals surface area contributed by atoms with E-state index < -0.39 is 0 Å². The standard InChI is InChI=1S/C16H15ClN4O3/c1-2-23-16-13(4-3-7-18-16)20-15(22)14-6-5-12(24-14)10-21-9-11(17)8-19-21/h3-9H,2,10H2,1H3,(H,20,22). The Morgan fingerprint density at radius 2 is 2.29 bits per heavy atom. The predicted octanol–water partition coefficient (Wildman–Crippen LogP) is 3.22. The van der Waals surface area contributed by atoms with Crippen molar-refractivity contribution in [2.75, 3.05) is 11.9 Å². The number of nitrogens with one attached hydrogen (secondary N) is 1. The van der Waals surface area contributed by atoms with E-state index in [0.29, 0.717) is 35.5 Å². The molecule has 0 saturated carbocycles. The first-order valence-electron chi connectivity index (χ1n) is 7.31. The predicted molar refractivity (Wildman–Crippen MR) is 88.4 cm³/mol. The van der Waals surface area contributed by atoms with Gasteiger partial charge in [-0.25, -0.2) is 4.98 Å². The number of hydrogen-bond acceptors (Lipinski definition) is 5. The molecule has 8 heteroatoms. The summed E-state index contributed by atoms with van der Waals surface area (Å²) in [6, 6.07) is 6.75. The Kier molecular flexibility index (Phi) is 4.81. The first-order valence-corrected chi connectivity index (χ1v) is 7.69. The molecule has 0 bridgehead atoms. The zero-order valence-corrected chi connectivity index (χ0v) is 13.7. The molecule has 0 radical (unpaired) electrons. The van der Waals surface area contributed by atoms with Gasteiger partial charge in [0.25, 0.3) is 5.91 Å². The van der Waals surface area contributed by atoms with E-state index in [1.807, 2.05) is 6.92 Å². The third-order valence-corrected chi connectivity index (χ3v) is 3.30. The number of halogens is 1. The highest BCUT2D eigenvalue weighted by Gasteiger charge is 2.14. The molecule has 3 aromatic rings. The lowest BCUT2D eigenvalue weighted by Gasteiger charge is -2.08. The Hall–Kier alpha value is -2.80. The van der Waals surface area contributed by atoms with Gasteiger partial charge in [-0.2, -0.15) is 5.10 Å². The molecule has 0 unspecified atom stereocenters. The number of carbonyl (C=O) groups is 1. The third kappa shape index (κ3) is 3.75. The van der Waals surface area contributed by atoms with E-state index >= 15 is 0 Å². The van der Waals surface area contributed by atoms with Gasteiger partial charge in [-0.1, -0.05) is 11.6 Å². The molecule has 0 saturated heterocycles. The van der Waals surface area contributed by atoms with E-state index in [4.69, 9.17) is 20.8 Å². The lowest BCUT2D eigenvalue weighted by Crippen LogP contribution is -2.12. The largest absolute Gasteiger partial charge is 0.476 e. The number of hydrogen-bond donors (Lipinski definition) is 1. The summed E-state index contributed by atoms with van der Waals surface area (Å²) < 4.78 is 12.6. The minimum absolute atomic E-state index is 0.189. The van der Waals surface area contributed by atoms with Crippen molar-refractivity contribution in [2.45, 2.75) is 13.5 Å². The number of aromatic nitrogens is 3. The van der Waals surface area contributed by atoms with Gasteiger partial charge in [0, 0.05) is 12.4 Å². The molecule has 0 aliphatic carbocycles. The Balaban J connectivity index is 1.70. The summed E-state index contributed by atoms with van der Waals surface area (Å²) in [4.78, 5) is 16.4. The normalized spacial score (nSPS) is 10.6. The summed E-state index contributed by atoms with van der Waals surface area (Å²) in [6.45, 7) is 2.69. The maximum Gasteiger partial charge on any atom is 0.291 e. The van der Waals surface area contributed by atoms with Gasteiger partial charge in [-0.15, -0.1) is 0 Å². The van der Waals surface area contributed by atoms with Crippen LogP contribution in [-0.2, 0) is 6.54 Å². The van der Waals surface area contributed by atoms with Crippen molar-refractivity contribution in [1.82, 2.24) is 14.8 Å². The van der Waals surface area contributed by atoms with Crippen LogP contribution in [0, 0.1) is 0 Å². The van der Waals surface area contributed by atoms with Crippen molar-refractivity contribution in [3.8, 4) is 5.88 Å². The number of furan rings is 1. The number of rotatable bonds is 6. The summed E-state index contributed by atoms with van der Waals surface area (Å²) in [5.74, 6) is 0.769. The quantitative estimate of drug-likeness (QED) is 0.741. The van der Waals surface area contributed by atoms with Crippen LogP contribution >= 0.6 is 11.6 Å². The SMILES string of the molecule is CCOc1ncccc1NC(=O)c1ccc(Cn2cc(Cl)cn2)o1. The number of carbonyl (C=O) groups excluding carboxylic acids is 1. The van der Waals surface area contributed by atoms with E-state index in [1.54, 1.807) is 41.3 Å². The van der Waals surface area contributed by atoms with Crippen LogP contribution in [0.4, 0.5) is 5.69 Å². The highest BCUT2D eigenvalue weighted by atomic mass is 35.5. The first-order chi connectivity index (χ1) is 11.7.